The number of nitrogens with zero attached hydrogens (tertiary/aromatic N) is 1. The quantitative estimate of drug-likeness (QED) is 0.804. The number of nitrogens with one attached hydrogen (secondary N) is 2. The number of piperidine rings is 1. The first-order valence-corrected chi connectivity index (χ1v) is 9.77. The molecule has 1 aliphatic heterocycles. The van der Waals surface area contributed by atoms with Gasteiger partial charge in [-0.05, 0) is 50.5 Å². The van der Waals surface area contributed by atoms with Gasteiger partial charge in [-0.2, -0.15) is 0 Å². The summed E-state index contributed by atoms with van der Waals surface area (Å²) >= 11 is 0. The molecule has 138 valence electrons. The average Bonchev–Trinajstić information content (AvgIpc) is 2.69. The Morgan fingerprint density at radius 1 is 1.00 bits per heavy atom. The topological polar surface area (TPSA) is 36.8 Å². The Labute approximate surface area is 156 Å². The molecule has 1 aliphatic rings. The number of amides is 1. The predicted octanol–water partition coefficient (Wildman–Crippen LogP) is 2.72. The summed E-state index contributed by atoms with van der Waals surface area (Å²) in [5.74, 6) is 0.0727. The lowest BCUT2D eigenvalue weighted by atomic mass is 10.1. The molecule has 0 radical (unpaired) electrons. The molecule has 2 aromatic rings. The van der Waals surface area contributed by atoms with Gasteiger partial charge in [0.2, 0.25) is 0 Å². The molecule has 0 aliphatic carbocycles. The summed E-state index contributed by atoms with van der Waals surface area (Å²) in [6.45, 7) is 6.69. The Morgan fingerprint density at radius 3 is 2.35 bits per heavy atom. The zero-order chi connectivity index (χ0) is 18.2. The third kappa shape index (κ3) is 5.33. The summed E-state index contributed by atoms with van der Waals surface area (Å²) in [5, 5.41) is 3.04. The van der Waals surface area contributed by atoms with E-state index in [-0.39, 0.29) is 5.91 Å². The fraction of sp³-hybridized carbons (Fsp3) is 0.409. The number of carbonyl (C=O) groups excluding carboxylic acids is 1. The number of benzene rings is 2. The van der Waals surface area contributed by atoms with Gasteiger partial charge in [0.25, 0.3) is 5.91 Å². The van der Waals surface area contributed by atoms with Crippen molar-refractivity contribution < 1.29 is 9.69 Å². The van der Waals surface area contributed by atoms with Crippen LogP contribution in [0.4, 0.5) is 11.4 Å². The van der Waals surface area contributed by atoms with Crippen LogP contribution in [0, 0.1) is 0 Å². The van der Waals surface area contributed by atoms with Crippen molar-refractivity contribution in [3.63, 3.8) is 0 Å². The Hall–Kier alpha value is -2.33. The van der Waals surface area contributed by atoms with Crippen LogP contribution in [0.15, 0.2) is 54.6 Å². The summed E-state index contributed by atoms with van der Waals surface area (Å²) < 4.78 is 0. The second-order valence-corrected chi connectivity index (χ2v) is 7.09. The van der Waals surface area contributed by atoms with Crippen molar-refractivity contribution in [2.45, 2.75) is 32.7 Å². The van der Waals surface area contributed by atoms with Crippen LogP contribution in [0.1, 0.15) is 31.7 Å². The van der Waals surface area contributed by atoms with Crippen molar-refractivity contribution in [3.05, 3.63) is 60.2 Å². The van der Waals surface area contributed by atoms with Gasteiger partial charge in [0.1, 0.15) is 6.54 Å². The number of anilines is 2. The average molecular weight is 353 g/mol. The second-order valence-electron chi connectivity index (χ2n) is 7.09. The van der Waals surface area contributed by atoms with E-state index in [9.17, 15) is 4.79 Å². The molecule has 3 rings (SSSR count). The lowest BCUT2D eigenvalue weighted by Gasteiger charge is -2.28. The van der Waals surface area contributed by atoms with E-state index in [1.807, 2.05) is 30.3 Å². The summed E-state index contributed by atoms with van der Waals surface area (Å²) in [7, 11) is 0. The van der Waals surface area contributed by atoms with E-state index in [2.05, 4.69) is 41.4 Å². The Morgan fingerprint density at radius 2 is 1.69 bits per heavy atom. The summed E-state index contributed by atoms with van der Waals surface area (Å²) in [5.41, 5.74) is 3.40. The molecule has 1 heterocycles. The van der Waals surface area contributed by atoms with Crippen molar-refractivity contribution in [2.75, 3.05) is 36.4 Å². The highest BCUT2D eigenvalue weighted by atomic mass is 16.2. The minimum Gasteiger partial charge on any atom is -0.372 e. The van der Waals surface area contributed by atoms with Gasteiger partial charge in [-0.3, -0.25) is 4.79 Å². The molecule has 2 N–H and O–H groups in total. The van der Waals surface area contributed by atoms with E-state index in [0.29, 0.717) is 6.54 Å². The van der Waals surface area contributed by atoms with E-state index in [0.717, 1.165) is 31.9 Å². The van der Waals surface area contributed by atoms with E-state index in [1.54, 1.807) is 0 Å². The first kappa shape index (κ1) is 18.5. The zero-order valence-corrected chi connectivity index (χ0v) is 15.7. The minimum absolute atomic E-state index is 0.0727. The van der Waals surface area contributed by atoms with Crippen LogP contribution < -0.4 is 15.1 Å². The molecular weight excluding hydrogens is 322 g/mol. The second kappa shape index (κ2) is 9.39. The van der Waals surface area contributed by atoms with Gasteiger partial charge in [0.15, 0.2) is 6.54 Å². The molecule has 2 aromatic carbocycles. The summed E-state index contributed by atoms with van der Waals surface area (Å²) in [6.07, 6.45) is 3.88. The van der Waals surface area contributed by atoms with Crippen LogP contribution in [-0.4, -0.2) is 32.1 Å². The van der Waals surface area contributed by atoms with Gasteiger partial charge in [0, 0.05) is 30.0 Å². The molecule has 1 atom stereocenters. The van der Waals surface area contributed by atoms with Gasteiger partial charge in [-0.15, -0.1) is 0 Å². The third-order valence-electron chi connectivity index (χ3n) is 5.08. The van der Waals surface area contributed by atoms with Crippen molar-refractivity contribution in [1.29, 1.82) is 0 Å². The van der Waals surface area contributed by atoms with E-state index in [1.165, 1.54) is 35.4 Å². The van der Waals surface area contributed by atoms with Crippen molar-refractivity contribution >= 4 is 17.3 Å². The van der Waals surface area contributed by atoms with Crippen LogP contribution in [0.5, 0.6) is 0 Å². The predicted molar refractivity (Wildman–Crippen MR) is 108 cm³/mol. The monoisotopic (exact) mass is 352 g/mol. The Kier molecular flexibility index (Phi) is 6.67. The highest BCUT2D eigenvalue weighted by molar-refractivity contribution is 5.91. The largest absolute Gasteiger partial charge is 0.372 e. The number of rotatable bonds is 7. The molecule has 0 spiro atoms. The standard InChI is InChI=1S/C22H29N3O/c1-2-24(17-19-9-5-3-6-10-19)18-22(26)23-20-11-13-21(14-12-20)25-15-7-4-8-16-25/h3,5-6,9-14H,2,4,7-8,15-18H2,1H3,(H,23,26)/p+1. The lowest BCUT2D eigenvalue weighted by Crippen LogP contribution is -3.11. The van der Waals surface area contributed by atoms with Gasteiger partial charge >= 0.3 is 0 Å². The fourth-order valence-corrected chi connectivity index (χ4v) is 3.54. The molecule has 1 saturated heterocycles. The van der Waals surface area contributed by atoms with Crippen LogP contribution in [0.2, 0.25) is 0 Å². The molecule has 0 aromatic heterocycles. The van der Waals surface area contributed by atoms with Gasteiger partial charge < -0.3 is 15.1 Å². The van der Waals surface area contributed by atoms with Crippen LogP contribution >= 0.6 is 0 Å². The molecule has 1 unspecified atom stereocenters. The van der Waals surface area contributed by atoms with Crippen LogP contribution in [0.3, 0.4) is 0 Å². The third-order valence-corrected chi connectivity index (χ3v) is 5.08. The van der Waals surface area contributed by atoms with E-state index >= 15 is 0 Å². The van der Waals surface area contributed by atoms with E-state index < -0.39 is 0 Å². The van der Waals surface area contributed by atoms with E-state index in [4.69, 9.17) is 0 Å². The molecule has 0 bridgehead atoms. The highest BCUT2D eigenvalue weighted by Gasteiger charge is 2.14. The molecule has 0 saturated carbocycles. The summed E-state index contributed by atoms with van der Waals surface area (Å²) in [4.78, 5) is 16.1. The molecule has 1 fully saturated rings. The number of hydrogen-bond acceptors (Lipinski definition) is 2. The maximum atomic E-state index is 12.4. The molecule has 1 amide bonds. The van der Waals surface area contributed by atoms with Crippen LogP contribution in [0.25, 0.3) is 0 Å². The van der Waals surface area contributed by atoms with Crippen molar-refractivity contribution in [1.82, 2.24) is 0 Å². The Balaban J connectivity index is 1.51. The number of carbonyl (C=O) groups is 1. The zero-order valence-electron chi connectivity index (χ0n) is 15.7. The first-order valence-electron chi connectivity index (χ1n) is 9.77. The normalized spacial score (nSPS) is 15.5. The number of likely N-dealkylation sites (N-methyl/N-ethyl adjacent to an activating group) is 1. The molecule has 4 nitrogen and oxygen atoms in total. The Bertz CT molecular complexity index is 678. The maximum absolute atomic E-state index is 12.4. The molecule has 4 heteroatoms. The molecule has 26 heavy (non-hydrogen) atoms. The first-order chi connectivity index (χ1) is 12.7. The number of hydrogen-bond donors (Lipinski definition) is 2. The SMILES string of the molecule is CC[NH+](CC(=O)Nc1ccc(N2CCCCC2)cc1)Cc1ccccc1. The van der Waals surface area contributed by atoms with Crippen molar-refractivity contribution in [3.8, 4) is 0 Å². The lowest BCUT2D eigenvalue weighted by molar-refractivity contribution is -0.903. The number of quaternary nitrogens is 1. The fourth-order valence-electron chi connectivity index (χ4n) is 3.54. The van der Waals surface area contributed by atoms with Crippen LogP contribution in [-0.2, 0) is 11.3 Å². The van der Waals surface area contributed by atoms with Gasteiger partial charge in [-0.25, -0.2) is 0 Å². The van der Waals surface area contributed by atoms with Crippen molar-refractivity contribution in [2.24, 2.45) is 0 Å². The maximum Gasteiger partial charge on any atom is 0.279 e. The van der Waals surface area contributed by atoms with Gasteiger partial charge in [-0.1, -0.05) is 30.3 Å². The highest BCUT2D eigenvalue weighted by Crippen LogP contribution is 2.21. The summed E-state index contributed by atoms with van der Waals surface area (Å²) in [6, 6.07) is 18.6. The molecular formula is C22H30N3O+. The smallest absolute Gasteiger partial charge is 0.279 e. The minimum atomic E-state index is 0.0727. The van der Waals surface area contributed by atoms with Gasteiger partial charge in [0.05, 0.1) is 6.54 Å².